The predicted molar refractivity (Wildman–Crippen MR) is 73.8 cm³/mol. The molecule has 3 heteroatoms. The highest BCUT2D eigenvalue weighted by molar-refractivity contribution is 9.10. The van der Waals surface area contributed by atoms with Crippen molar-refractivity contribution in [3.05, 3.63) is 34.3 Å². The van der Waals surface area contributed by atoms with Crippen molar-refractivity contribution in [1.29, 1.82) is 0 Å². The summed E-state index contributed by atoms with van der Waals surface area (Å²) in [6.07, 6.45) is 0.753. The molecule has 1 fully saturated rings. The topological polar surface area (TPSA) is 46.2 Å². The number of aliphatic hydroxyl groups is 1. The molecule has 17 heavy (non-hydrogen) atoms. The van der Waals surface area contributed by atoms with Crippen LogP contribution in [0.15, 0.2) is 28.7 Å². The van der Waals surface area contributed by atoms with Gasteiger partial charge in [0, 0.05) is 16.9 Å². The highest BCUT2D eigenvalue weighted by Gasteiger charge is 2.51. The third kappa shape index (κ3) is 2.56. The van der Waals surface area contributed by atoms with Crippen molar-refractivity contribution in [3.8, 4) is 0 Å². The summed E-state index contributed by atoms with van der Waals surface area (Å²) in [5.74, 6) is 0.403. The van der Waals surface area contributed by atoms with E-state index in [2.05, 4.69) is 29.8 Å². The first-order valence-electron chi connectivity index (χ1n) is 6.10. The number of hydrogen-bond donors (Lipinski definition) is 2. The van der Waals surface area contributed by atoms with E-state index in [1.807, 2.05) is 24.3 Å². The largest absolute Gasteiger partial charge is 0.392 e. The fraction of sp³-hybridized carbons (Fsp3) is 0.571. The number of hydrogen-bond acceptors (Lipinski definition) is 2. The Kier molecular flexibility index (Phi) is 3.62. The number of benzene rings is 1. The van der Waals surface area contributed by atoms with E-state index in [4.69, 9.17) is 5.73 Å². The molecule has 3 atom stereocenters. The van der Waals surface area contributed by atoms with Gasteiger partial charge in [-0.15, -0.1) is 0 Å². The Bertz CT molecular complexity index is 405. The van der Waals surface area contributed by atoms with Crippen molar-refractivity contribution in [2.75, 3.05) is 6.54 Å². The SMILES string of the molecule is CC1(C)CC1C(O)C(CN)c1ccccc1Br. The van der Waals surface area contributed by atoms with Crippen molar-refractivity contribution < 1.29 is 5.11 Å². The van der Waals surface area contributed by atoms with E-state index in [9.17, 15) is 5.11 Å². The second-order valence-electron chi connectivity index (χ2n) is 5.65. The molecular formula is C14H20BrNO. The van der Waals surface area contributed by atoms with Crippen LogP contribution in [-0.4, -0.2) is 17.8 Å². The standard InChI is InChI=1S/C14H20BrNO/c1-14(2)7-11(14)13(17)10(8-16)9-5-3-4-6-12(9)15/h3-6,10-11,13,17H,7-8,16H2,1-2H3. The van der Waals surface area contributed by atoms with Crippen molar-refractivity contribution in [2.45, 2.75) is 32.3 Å². The molecule has 1 saturated carbocycles. The van der Waals surface area contributed by atoms with Gasteiger partial charge < -0.3 is 10.8 Å². The van der Waals surface area contributed by atoms with Gasteiger partial charge in [0.25, 0.3) is 0 Å². The summed E-state index contributed by atoms with van der Waals surface area (Å²) in [7, 11) is 0. The second kappa shape index (κ2) is 4.71. The van der Waals surface area contributed by atoms with Gasteiger partial charge in [0.2, 0.25) is 0 Å². The van der Waals surface area contributed by atoms with Crippen molar-refractivity contribution >= 4 is 15.9 Å². The second-order valence-corrected chi connectivity index (χ2v) is 6.51. The molecular weight excluding hydrogens is 278 g/mol. The zero-order valence-corrected chi connectivity index (χ0v) is 11.9. The molecule has 1 aromatic rings. The minimum absolute atomic E-state index is 0.0253. The molecule has 0 amide bonds. The van der Waals surface area contributed by atoms with Crippen molar-refractivity contribution in [2.24, 2.45) is 17.1 Å². The number of nitrogens with two attached hydrogens (primary N) is 1. The molecule has 1 aliphatic rings. The summed E-state index contributed by atoms with van der Waals surface area (Å²) in [6.45, 7) is 4.89. The van der Waals surface area contributed by atoms with E-state index in [0.29, 0.717) is 12.5 Å². The summed E-state index contributed by atoms with van der Waals surface area (Å²) in [5, 5.41) is 10.5. The molecule has 0 spiro atoms. The molecule has 0 radical (unpaired) electrons. The fourth-order valence-electron chi connectivity index (χ4n) is 2.60. The summed E-state index contributed by atoms with van der Waals surface area (Å²) in [6, 6.07) is 8.02. The quantitative estimate of drug-likeness (QED) is 0.898. The van der Waals surface area contributed by atoms with Gasteiger partial charge in [0.1, 0.15) is 0 Å². The van der Waals surface area contributed by atoms with Crippen LogP contribution in [0.3, 0.4) is 0 Å². The molecule has 2 rings (SSSR count). The van der Waals surface area contributed by atoms with E-state index in [1.54, 1.807) is 0 Å². The van der Waals surface area contributed by atoms with Crippen molar-refractivity contribution in [3.63, 3.8) is 0 Å². The summed E-state index contributed by atoms with van der Waals surface area (Å²) >= 11 is 3.54. The molecule has 0 saturated heterocycles. The summed E-state index contributed by atoms with van der Waals surface area (Å²) < 4.78 is 1.04. The van der Waals surface area contributed by atoms with E-state index in [0.717, 1.165) is 16.5 Å². The highest BCUT2D eigenvalue weighted by Crippen LogP contribution is 2.55. The lowest BCUT2D eigenvalue weighted by molar-refractivity contribution is 0.109. The first kappa shape index (κ1) is 13.1. The first-order valence-corrected chi connectivity index (χ1v) is 6.89. The van der Waals surface area contributed by atoms with Gasteiger partial charge in [0.05, 0.1) is 6.10 Å². The Morgan fingerprint density at radius 3 is 2.53 bits per heavy atom. The normalized spacial score (nSPS) is 25.4. The van der Waals surface area contributed by atoms with Crippen LogP contribution in [0.25, 0.3) is 0 Å². The summed E-state index contributed by atoms with van der Waals surface area (Å²) in [5.41, 5.74) is 7.24. The molecule has 1 aliphatic carbocycles. The Hall–Kier alpha value is -0.380. The van der Waals surface area contributed by atoms with Gasteiger partial charge in [0.15, 0.2) is 0 Å². The van der Waals surface area contributed by atoms with E-state index in [1.165, 1.54) is 0 Å². The average molecular weight is 298 g/mol. The minimum atomic E-state index is -0.339. The predicted octanol–water partition coefficient (Wildman–Crippen LogP) is 2.90. The maximum Gasteiger partial charge on any atom is 0.0654 e. The number of aliphatic hydroxyl groups excluding tert-OH is 1. The summed E-state index contributed by atoms with van der Waals surface area (Å²) in [4.78, 5) is 0. The smallest absolute Gasteiger partial charge is 0.0654 e. The number of halogens is 1. The molecule has 0 heterocycles. The molecule has 2 nitrogen and oxygen atoms in total. The van der Waals surface area contributed by atoms with Crippen LogP contribution in [0.1, 0.15) is 31.7 Å². The van der Waals surface area contributed by atoms with Crippen LogP contribution in [-0.2, 0) is 0 Å². The third-order valence-corrected chi connectivity index (χ3v) is 4.69. The Morgan fingerprint density at radius 1 is 1.47 bits per heavy atom. The van der Waals surface area contributed by atoms with Crippen LogP contribution in [0, 0.1) is 11.3 Å². The minimum Gasteiger partial charge on any atom is -0.392 e. The van der Waals surface area contributed by atoms with E-state index in [-0.39, 0.29) is 17.4 Å². The van der Waals surface area contributed by atoms with Gasteiger partial charge in [-0.25, -0.2) is 0 Å². The van der Waals surface area contributed by atoms with Crippen LogP contribution in [0.4, 0.5) is 0 Å². The van der Waals surface area contributed by atoms with E-state index >= 15 is 0 Å². The Morgan fingerprint density at radius 2 is 2.06 bits per heavy atom. The van der Waals surface area contributed by atoms with Gasteiger partial charge >= 0.3 is 0 Å². The number of rotatable bonds is 4. The Balaban J connectivity index is 2.20. The molecule has 0 aliphatic heterocycles. The monoisotopic (exact) mass is 297 g/mol. The lowest BCUT2D eigenvalue weighted by Crippen LogP contribution is -2.29. The van der Waals surface area contributed by atoms with Gasteiger partial charge in [-0.05, 0) is 29.4 Å². The van der Waals surface area contributed by atoms with Crippen molar-refractivity contribution in [1.82, 2.24) is 0 Å². The van der Waals surface area contributed by atoms with Gasteiger partial charge in [-0.2, -0.15) is 0 Å². The average Bonchev–Trinajstić information content (AvgIpc) is 2.91. The first-order chi connectivity index (χ1) is 7.97. The van der Waals surface area contributed by atoms with Crippen LogP contribution in [0.5, 0.6) is 0 Å². The molecule has 3 N–H and O–H groups in total. The third-order valence-electron chi connectivity index (χ3n) is 3.97. The fourth-order valence-corrected chi connectivity index (χ4v) is 3.18. The van der Waals surface area contributed by atoms with Crippen LogP contribution in [0.2, 0.25) is 0 Å². The maximum atomic E-state index is 10.5. The van der Waals surface area contributed by atoms with Gasteiger partial charge in [-0.3, -0.25) is 0 Å². The molecule has 1 aromatic carbocycles. The zero-order valence-electron chi connectivity index (χ0n) is 10.4. The lowest BCUT2D eigenvalue weighted by Gasteiger charge is -2.24. The highest BCUT2D eigenvalue weighted by atomic mass is 79.9. The van der Waals surface area contributed by atoms with Gasteiger partial charge in [-0.1, -0.05) is 48.0 Å². The molecule has 0 aromatic heterocycles. The van der Waals surface area contributed by atoms with E-state index < -0.39 is 0 Å². The molecule has 0 bridgehead atoms. The van der Waals surface area contributed by atoms with Crippen LogP contribution < -0.4 is 5.73 Å². The molecule has 94 valence electrons. The lowest BCUT2D eigenvalue weighted by atomic mass is 9.88. The van der Waals surface area contributed by atoms with Crippen LogP contribution >= 0.6 is 15.9 Å². The molecule has 3 unspecified atom stereocenters. The zero-order chi connectivity index (χ0) is 12.6. The maximum absolute atomic E-state index is 10.5. The Labute approximate surface area is 111 Å².